The van der Waals surface area contributed by atoms with Gasteiger partial charge in [0.05, 0.1) is 14.9 Å². The maximum absolute atomic E-state index is 12.2. The summed E-state index contributed by atoms with van der Waals surface area (Å²) in [5, 5.41) is 0.431. The highest BCUT2D eigenvalue weighted by Crippen LogP contribution is 2.16. The van der Waals surface area contributed by atoms with Gasteiger partial charge in [-0.05, 0) is 29.8 Å². The molecule has 0 aliphatic rings. The zero-order valence-electron chi connectivity index (χ0n) is 10.8. The summed E-state index contributed by atoms with van der Waals surface area (Å²) in [5.41, 5.74) is 6.30. The molecule has 0 radical (unpaired) electrons. The summed E-state index contributed by atoms with van der Waals surface area (Å²) in [4.78, 5) is 4.38. The van der Waals surface area contributed by atoms with E-state index in [1.807, 2.05) is 0 Å². The second-order valence-electron chi connectivity index (χ2n) is 4.25. The van der Waals surface area contributed by atoms with Crippen molar-refractivity contribution >= 4 is 44.6 Å². The number of pyridine rings is 1. The van der Waals surface area contributed by atoms with Gasteiger partial charge in [0.2, 0.25) is 0 Å². The average molecular weight is 342 g/mol. The Morgan fingerprint density at radius 3 is 2.43 bits per heavy atom. The lowest BCUT2D eigenvalue weighted by Gasteiger charge is -2.08. The van der Waals surface area contributed by atoms with Crippen molar-refractivity contribution in [1.82, 2.24) is 4.98 Å². The fourth-order valence-electron chi connectivity index (χ4n) is 1.62. The van der Waals surface area contributed by atoms with Crippen LogP contribution < -0.4 is 10.5 Å². The number of benzene rings is 1. The van der Waals surface area contributed by atoms with Crippen LogP contribution in [0.15, 0.2) is 47.5 Å². The number of thiocarbonyl (C=S) groups is 1. The van der Waals surface area contributed by atoms with Gasteiger partial charge in [0.1, 0.15) is 5.82 Å². The SMILES string of the molecule is NC(=S)Cc1ccc(S(=O)(=O)Nc2ccc(Cl)cn2)cc1. The van der Waals surface area contributed by atoms with Crippen molar-refractivity contribution in [2.45, 2.75) is 11.3 Å². The molecule has 2 aromatic rings. The van der Waals surface area contributed by atoms with Gasteiger partial charge >= 0.3 is 0 Å². The molecule has 0 amide bonds. The Morgan fingerprint density at radius 2 is 1.90 bits per heavy atom. The molecule has 110 valence electrons. The number of aromatic nitrogens is 1. The number of halogens is 1. The first-order chi connectivity index (χ1) is 9.87. The van der Waals surface area contributed by atoms with E-state index < -0.39 is 10.0 Å². The highest BCUT2D eigenvalue weighted by atomic mass is 35.5. The number of sulfonamides is 1. The zero-order chi connectivity index (χ0) is 15.5. The maximum Gasteiger partial charge on any atom is 0.263 e. The Hall–Kier alpha value is -1.70. The van der Waals surface area contributed by atoms with E-state index in [-0.39, 0.29) is 10.7 Å². The largest absolute Gasteiger partial charge is 0.393 e. The van der Waals surface area contributed by atoms with Gasteiger partial charge in [0.15, 0.2) is 0 Å². The van der Waals surface area contributed by atoms with Gasteiger partial charge in [-0.15, -0.1) is 0 Å². The van der Waals surface area contributed by atoms with E-state index >= 15 is 0 Å². The average Bonchev–Trinajstić information content (AvgIpc) is 2.41. The summed E-state index contributed by atoms with van der Waals surface area (Å²) in [5.74, 6) is 0.201. The Bertz CT molecular complexity index is 744. The van der Waals surface area contributed by atoms with Crippen LogP contribution in [0, 0.1) is 0 Å². The van der Waals surface area contributed by atoms with E-state index in [1.54, 1.807) is 18.2 Å². The molecule has 21 heavy (non-hydrogen) atoms. The van der Waals surface area contributed by atoms with Crippen molar-refractivity contribution in [2.75, 3.05) is 4.72 Å². The van der Waals surface area contributed by atoms with Crippen molar-refractivity contribution in [3.63, 3.8) is 0 Å². The van der Waals surface area contributed by atoms with E-state index in [2.05, 4.69) is 9.71 Å². The molecule has 0 atom stereocenters. The van der Waals surface area contributed by atoms with Crippen molar-refractivity contribution in [3.8, 4) is 0 Å². The Balaban J connectivity index is 2.19. The van der Waals surface area contributed by atoms with Crippen LogP contribution in [0.3, 0.4) is 0 Å². The number of nitrogens with zero attached hydrogens (tertiary/aromatic N) is 1. The van der Waals surface area contributed by atoms with Gasteiger partial charge in [0, 0.05) is 12.6 Å². The topological polar surface area (TPSA) is 85.1 Å². The van der Waals surface area contributed by atoms with E-state index in [0.29, 0.717) is 16.4 Å². The quantitative estimate of drug-likeness (QED) is 0.815. The van der Waals surface area contributed by atoms with Crippen LogP contribution in [0.4, 0.5) is 5.82 Å². The molecule has 0 spiro atoms. The van der Waals surface area contributed by atoms with Gasteiger partial charge in [-0.25, -0.2) is 13.4 Å². The van der Waals surface area contributed by atoms with Crippen LogP contribution in [-0.2, 0) is 16.4 Å². The molecular weight excluding hydrogens is 330 g/mol. The highest BCUT2D eigenvalue weighted by molar-refractivity contribution is 7.92. The molecule has 0 fully saturated rings. The minimum atomic E-state index is -3.69. The number of nitrogens with one attached hydrogen (secondary N) is 1. The van der Waals surface area contributed by atoms with Gasteiger partial charge in [-0.1, -0.05) is 36.0 Å². The lowest BCUT2D eigenvalue weighted by atomic mass is 10.1. The molecule has 0 bridgehead atoms. The Morgan fingerprint density at radius 1 is 1.24 bits per heavy atom. The van der Waals surface area contributed by atoms with E-state index in [1.165, 1.54) is 24.4 Å². The predicted octanol–water partition coefficient (Wildman–Crippen LogP) is 2.36. The molecule has 1 aromatic carbocycles. The van der Waals surface area contributed by atoms with Crippen LogP contribution in [0.1, 0.15) is 5.56 Å². The minimum Gasteiger partial charge on any atom is -0.393 e. The number of anilines is 1. The standard InChI is InChI=1S/C13H12ClN3O2S2/c14-10-3-6-13(16-8-10)17-21(18,19)11-4-1-9(2-5-11)7-12(15)20/h1-6,8H,7H2,(H2,15,20)(H,16,17). The van der Waals surface area contributed by atoms with Crippen LogP contribution in [-0.4, -0.2) is 18.4 Å². The van der Waals surface area contributed by atoms with Gasteiger partial charge in [-0.3, -0.25) is 4.72 Å². The summed E-state index contributed by atoms with van der Waals surface area (Å²) in [6, 6.07) is 9.36. The molecule has 0 aliphatic carbocycles. The molecule has 0 aliphatic heterocycles. The first kappa shape index (κ1) is 15.7. The first-order valence-corrected chi connectivity index (χ1v) is 8.15. The molecule has 3 N–H and O–H groups in total. The van der Waals surface area contributed by atoms with Gasteiger partial charge in [-0.2, -0.15) is 0 Å². The van der Waals surface area contributed by atoms with E-state index in [0.717, 1.165) is 5.56 Å². The number of hydrogen-bond donors (Lipinski definition) is 2. The Labute approximate surface area is 133 Å². The molecule has 1 aromatic heterocycles. The zero-order valence-corrected chi connectivity index (χ0v) is 13.2. The van der Waals surface area contributed by atoms with Crippen LogP contribution >= 0.6 is 23.8 Å². The maximum atomic E-state index is 12.2. The lowest BCUT2D eigenvalue weighted by molar-refractivity contribution is 0.601. The fraction of sp³-hybridized carbons (Fsp3) is 0.0769. The minimum absolute atomic E-state index is 0.130. The predicted molar refractivity (Wildman–Crippen MR) is 87.0 cm³/mol. The van der Waals surface area contributed by atoms with Crippen molar-refractivity contribution in [3.05, 3.63) is 53.2 Å². The second-order valence-corrected chi connectivity index (χ2v) is 6.90. The second kappa shape index (κ2) is 6.38. The van der Waals surface area contributed by atoms with Crippen LogP contribution in [0.25, 0.3) is 0 Å². The molecule has 0 saturated heterocycles. The van der Waals surface area contributed by atoms with Crippen LogP contribution in [0.5, 0.6) is 0 Å². The molecule has 0 saturated carbocycles. The lowest BCUT2D eigenvalue weighted by Crippen LogP contribution is -2.14. The molecule has 0 unspecified atom stereocenters. The van der Waals surface area contributed by atoms with Crippen molar-refractivity contribution < 1.29 is 8.42 Å². The third-order valence-corrected chi connectivity index (χ3v) is 4.32. The summed E-state index contributed by atoms with van der Waals surface area (Å²) in [7, 11) is -3.69. The van der Waals surface area contributed by atoms with Gasteiger partial charge < -0.3 is 5.73 Å². The Kier molecular flexibility index (Phi) is 4.76. The monoisotopic (exact) mass is 341 g/mol. The number of rotatable bonds is 5. The fourth-order valence-corrected chi connectivity index (χ4v) is 2.91. The smallest absolute Gasteiger partial charge is 0.263 e. The van der Waals surface area contributed by atoms with E-state index in [9.17, 15) is 8.42 Å². The van der Waals surface area contributed by atoms with Crippen LogP contribution in [0.2, 0.25) is 5.02 Å². The van der Waals surface area contributed by atoms with Gasteiger partial charge in [0.25, 0.3) is 10.0 Å². The molecule has 8 heteroatoms. The highest BCUT2D eigenvalue weighted by Gasteiger charge is 2.14. The molecule has 5 nitrogen and oxygen atoms in total. The third-order valence-electron chi connectivity index (χ3n) is 2.58. The molecule has 1 heterocycles. The molecule has 2 rings (SSSR count). The summed E-state index contributed by atoms with van der Waals surface area (Å²) in [6.45, 7) is 0. The summed E-state index contributed by atoms with van der Waals surface area (Å²) in [6.07, 6.45) is 1.80. The third kappa shape index (κ3) is 4.38. The molecular formula is C13H12ClN3O2S2. The number of nitrogens with two attached hydrogens (primary N) is 1. The van der Waals surface area contributed by atoms with Crippen molar-refractivity contribution in [1.29, 1.82) is 0 Å². The summed E-state index contributed by atoms with van der Waals surface area (Å²) >= 11 is 10.5. The van der Waals surface area contributed by atoms with Crippen molar-refractivity contribution in [2.24, 2.45) is 5.73 Å². The van der Waals surface area contributed by atoms with E-state index in [4.69, 9.17) is 29.6 Å². The first-order valence-electron chi connectivity index (χ1n) is 5.88. The number of hydrogen-bond acceptors (Lipinski definition) is 4. The summed E-state index contributed by atoms with van der Waals surface area (Å²) < 4.78 is 26.7. The normalized spacial score (nSPS) is 11.1.